The van der Waals surface area contributed by atoms with Crippen LogP contribution in [-0.2, 0) is 13.5 Å². The molecule has 0 spiro atoms. The van der Waals surface area contributed by atoms with Gasteiger partial charge in [0.2, 0.25) is 0 Å². The molecule has 3 aromatic rings. The van der Waals surface area contributed by atoms with E-state index in [1.165, 1.54) is 22.5 Å². The number of aryl methyl sites for hydroxylation is 2. The fourth-order valence-electron chi connectivity index (χ4n) is 3.82. The van der Waals surface area contributed by atoms with Gasteiger partial charge in [-0.15, -0.1) is 23.7 Å². The summed E-state index contributed by atoms with van der Waals surface area (Å²) in [5.74, 6) is 0.329. The second-order valence-electron chi connectivity index (χ2n) is 7.37. The maximum Gasteiger partial charge on any atom is 0.261 e. The lowest BCUT2D eigenvalue weighted by Crippen LogP contribution is -2.30. The molecule has 3 N–H and O–H groups in total. The van der Waals surface area contributed by atoms with Crippen LogP contribution in [0.25, 0.3) is 10.2 Å². The number of carbonyl (C=O) groups is 1. The number of benzene rings is 1. The van der Waals surface area contributed by atoms with E-state index in [0.29, 0.717) is 5.92 Å². The van der Waals surface area contributed by atoms with Gasteiger partial charge in [0.05, 0.1) is 16.6 Å². The Morgan fingerprint density at radius 2 is 2.15 bits per heavy atom. The molecule has 2 aromatic heterocycles. The normalized spacial score (nSPS) is 16.2. The van der Waals surface area contributed by atoms with Crippen molar-refractivity contribution in [1.29, 1.82) is 0 Å². The molecule has 0 bridgehead atoms. The van der Waals surface area contributed by atoms with E-state index in [9.17, 15) is 4.79 Å². The molecule has 1 unspecified atom stereocenters. The van der Waals surface area contributed by atoms with Crippen LogP contribution in [0.5, 0.6) is 0 Å². The molecule has 0 aliphatic heterocycles. The minimum atomic E-state index is -0.00409. The summed E-state index contributed by atoms with van der Waals surface area (Å²) in [7, 11) is 1.94. The van der Waals surface area contributed by atoms with Gasteiger partial charge in [-0.05, 0) is 54.5 Å². The van der Waals surface area contributed by atoms with Gasteiger partial charge in [0, 0.05) is 18.1 Å². The second kappa shape index (κ2) is 7.52. The van der Waals surface area contributed by atoms with E-state index in [2.05, 4.69) is 30.3 Å². The Morgan fingerprint density at radius 1 is 1.37 bits per heavy atom. The average molecular weight is 405 g/mol. The molecule has 4 rings (SSSR count). The topological polar surface area (TPSA) is 72.9 Å². The minimum Gasteiger partial charge on any atom is -0.399 e. The highest BCUT2D eigenvalue weighted by atomic mass is 35.5. The molecule has 5 nitrogen and oxygen atoms in total. The molecule has 0 saturated carbocycles. The molecule has 1 aliphatic carbocycles. The van der Waals surface area contributed by atoms with E-state index < -0.39 is 0 Å². The summed E-state index contributed by atoms with van der Waals surface area (Å²) in [5, 5.41) is 8.91. The third-order valence-corrected chi connectivity index (χ3v) is 6.30. The molecule has 0 fully saturated rings. The van der Waals surface area contributed by atoms with Gasteiger partial charge in [-0.2, -0.15) is 5.10 Å². The van der Waals surface area contributed by atoms with E-state index in [1.807, 2.05) is 29.9 Å². The SMILES string of the molecule is CC(C)c1nn(C)c2sc(C(=O)NC3CCCc4cc(N)ccc43)cc12.Cl. The number of hydrogen-bond acceptors (Lipinski definition) is 4. The average Bonchev–Trinajstić information content (AvgIpc) is 3.15. The number of fused-ring (bicyclic) bond motifs is 2. The highest BCUT2D eigenvalue weighted by molar-refractivity contribution is 7.20. The smallest absolute Gasteiger partial charge is 0.261 e. The number of carbonyl (C=O) groups excluding carboxylic acids is 1. The molecule has 7 heteroatoms. The van der Waals surface area contributed by atoms with Crippen molar-refractivity contribution in [1.82, 2.24) is 15.1 Å². The summed E-state index contributed by atoms with van der Waals surface area (Å²) >= 11 is 1.51. The predicted octanol–water partition coefficient (Wildman–Crippen LogP) is 4.57. The molecule has 27 heavy (non-hydrogen) atoms. The van der Waals surface area contributed by atoms with Gasteiger partial charge in [0.15, 0.2) is 0 Å². The third-order valence-electron chi connectivity index (χ3n) is 5.10. The Bertz CT molecular complexity index is 991. The van der Waals surface area contributed by atoms with Crippen molar-refractivity contribution in [3.8, 4) is 0 Å². The molecule has 1 amide bonds. The lowest BCUT2D eigenvalue weighted by molar-refractivity contribution is 0.0937. The van der Waals surface area contributed by atoms with Gasteiger partial charge in [-0.25, -0.2) is 0 Å². The van der Waals surface area contributed by atoms with Crippen LogP contribution in [0.15, 0.2) is 24.3 Å². The Hall–Kier alpha value is -2.05. The van der Waals surface area contributed by atoms with Crippen LogP contribution >= 0.6 is 23.7 Å². The first-order valence-corrected chi connectivity index (χ1v) is 9.91. The number of halogens is 1. The summed E-state index contributed by atoms with van der Waals surface area (Å²) in [6.45, 7) is 4.26. The number of nitrogen functional groups attached to an aromatic ring is 1. The first kappa shape index (κ1) is 19.7. The second-order valence-corrected chi connectivity index (χ2v) is 8.40. The Morgan fingerprint density at radius 3 is 2.89 bits per heavy atom. The van der Waals surface area contributed by atoms with Crippen molar-refractivity contribution < 1.29 is 4.79 Å². The van der Waals surface area contributed by atoms with Crippen molar-refractivity contribution in [3.63, 3.8) is 0 Å². The highest BCUT2D eigenvalue weighted by Crippen LogP contribution is 2.34. The van der Waals surface area contributed by atoms with Gasteiger partial charge < -0.3 is 11.1 Å². The third kappa shape index (κ3) is 3.56. The maximum atomic E-state index is 12.9. The molecule has 2 heterocycles. The van der Waals surface area contributed by atoms with Crippen molar-refractivity contribution in [2.24, 2.45) is 7.05 Å². The van der Waals surface area contributed by atoms with Crippen LogP contribution < -0.4 is 11.1 Å². The van der Waals surface area contributed by atoms with Crippen LogP contribution in [0.1, 0.15) is 65.1 Å². The summed E-state index contributed by atoms with van der Waals surface area (Å²) < 4.78 is 1.88. The maximum absolute atomic E-state index is 12.9. The zero-order valence-corrected chi connectivity index (χ0v) is 17.4. The molecule has 0 saturated heterocycles. The van der Waals surface area contributed by atoms with Gasteiger partial charge in [0.1, 0.15) is 4.83 Å². The lowest BCUT2D eigenvalue weighted by atomic mass is 9.87. The minimum absolute atomic E-state index is 0. The van der Waals surface area contributed by atoms with Gasteiger partial charge >= 0.3 is 0 Å². The van der Waals surface area contributed by atoms with Crippen LogP contribution in [0, 0.1) is 0 Å². The number of anilines is 1. The standard InChI is InChI=1S/C20H24N4OS.ClH/c1-11(2)18-15-10-17(26-20(15)24(3)23-18)19(25)22-16-6-4-5-12-9-13(21)7-8-14(12)16;/h7-11,16H,4-6,21H2,1-3H3,(H,22,25);1H. The summed E-state index contributed by atoms with van der Waals surface area (Å²) in [6, 6.07) is 8.06. The fourth-order valence-corrected chi connectivity index (χ4v) is 4.80. The van der Waals surface area contributed by atoms with E-state index >= 15 is 0 Å². The Kier molecular flexibility index (Phi) is 5.49. The summed E-state index contributed by atoms with van der Waals surface area (Å²) in [5.41, 5.74) is 10.2. The van der Waals surface area contributed by atoms with E-state index in [4.69, 9.17) is 5.73 Å². The van der Waals surface area contributed by atoms with E-state index in [0.717, 1.165) is 45.7 Å². The first-order valence-electron chi connectivity index (χ1n) is 9.09. The number of amides is 1. The van der Waals surface area contributed by atoms with Crippen LogP contribution in [0.2, 0.25) is 0 Å². The number of nitrogens with zero attached hydrogens (tertiary/aromatic N) is 2. The largest absolute Gasteiger partial charge is 0.399 e. The summed E-state index contributed by atoms with van der Waals surface area (Å²) in [6.07, 6.45) is 3.06. The number of nitrogens with two attached hydrogens (primary N) is 1. The van der Waals surface area contributed by atoms with Gasteiger partial charge in [0.25, 0.3) is 5.91 Å². The van der Waals surface area contributed by atoms with Crippen molar-refractivity contribution in [3.05, 3.63) is 46.0 Å². The molecule has 0 radical (unpaired) electrons. The number of aromatic nitrogens is 2. The molecular formula is C20H25ClN4OS. The van der Waals surface area contributed by atoms with E-state index in [-0.39, 0.29) is 24.4 Å². The molecule has 1 atom stereocenters. The van der Waals surface area contributed by atoms with Crippen molar-refractivity contribution in [2.75, 3.05) is 5.73 Å². The van der Waals surface area contributed by atoms with Crippen molar-refractivity contribution in [2.45, 2.75) is 45.1 Å². The summed E-state index contributed by atoms with van der Waals surface area (Å²) in [4.78, 5) is 14.7. The predicted molar refractivity (Wildman–Crippen MR) is 114 cm³/mol. The molecular weight excluding hydrogens is 380 g/mol. The zero-order chi connectivity index (χ0) is 18.4. The molecule has 1 aromatic carbocycles. The fraction of sp³-hybridized carbons (Fsp3) is 0.400. The number of thiophene rings is 1. The Balaban J connectivity index is 0.00000210. The van der Waals surface area contributed by atoms with Gasteiger partial charge in [-0.1, -0.05) is 19.9 Å². The van der Waals surface area contributed by atoms with Crippen LogP contribution in [0.3, 0.4) is 0 Å². The highest BCUT2D eigenvalue weighted by Gasteiger charge is 2.24. The lowest BCUT2D eigenvalue weighted by Gasteiger charge is -2.26. The van der Waals surface area contributed by atoms with E-state index in [1.54, 1.807) is 0 Å². The first-order chi connectivity index (χ1) is 12.4. The molecule has 1 aliphatic rings. The van der Waals surface area contributed by atoms with Crippen LogP contribution in [0.4, 0.5) is 5.69 Å². The quantitative estimate of drug-likeness (QED) is 0.628. The monoisotopic (exact) mass is 404 g/mol. The van der Waals surface area contributed by atoms with Gasteiger partial charge in [-0.3, -0.25) is 9.48 Å². The number of rotatable bonds is 3. The Labute approximate surface area is 169 Å². The zero-order valence-electron chi connectivity index (χ0n) is 15.8. The number of nitrogens with one attached hydrogen (secondary N) is 1. The van der Waals surface area contributed by atoms with Crippen LogP contribution in [-0.4, -0.2) is 15.7 Å². The number of hydrogen-bond donors (Lipinski definition) is 2. The molecule has 144 valence electrons. The van der Waals surface area contributed by atoms with Crippen molar-refractivity contribution >= 4 is 45.6 Å².